The standard InChI is InChI=1S/C12H28N4Si4/c1-5-9-13-17-14(10-6-2)19-16(12-8-4)20-15(18-13)11-7-3/h5-8H,1-4,9-12,17-20H2. The average molecular weight is 341 g/mol. The Morgan fingerprint density at radius 2 is 0.700 bits per heavy atom. The molecule has 0 atom stereocenters. The molecule has 0 spiro atoms. The Bertz CT molecular complexity index is 267. The lowest BCUT2D eigenvalue weighted by Gasteiger charge is -2.40. The highest BCUT2D eigenvalue weighted by Crippen LogP contribution is 2.01. The second-order valence-corrected chi connectivity index (χ2v) is 17.0. The van der Waals surface area contributed by atoms with Crippen molar-refractivity contribution in [1.29, 1.82) is 0 Å². The van der Waals surface area contributed by atoms with Gasteiger partial charge in [-0.25, -0.2) is 0 Å². The van der Waals surface area contributed by atoms with Gasteiger partial charge in [0.05, 0.1) is 0 Å². The normalized spacial score (nSPS) is 24.8. The second-order valence-electron chi connectivity index (χ2n) is 5.13. The molecule has 20 heavy (non-hydrogen) atoms. The average Bonchev–Trinajstić information content (AvgIpc) is 2.37. The van der Waals surface area contributed by atoms with Crippen LogP contribution in [0, 0.1) is 0 Å². The third-order valence-corrected chi connectivity index (χ3v) is 13.2. The summed E-state index contributed by atoms with van der Waals surface area (Å²) in [5.41, 5.74) is 0. The molecule has 1 saturated heterocycles. The maximum Gasteiger partial charge on any atom is 0.161 e. The topological polar surface area (TPSA) is 13.0 Å². The van der Waals surface area contributed by atoms with Crippen LogP contribution in [0.2, 0.25) is 0 Å². The smallest absolute Gasteiger partial charge is 0.161 e. The third kappa shape index (κ3) is 6.41. The minimum absolute atomic E-state index is 0.322. The largest absolute Gasteiger partial charge is 0.328 e. The molecule has 1 aliphatic heterocycles. The molecule has 1 aliphatic rings. The highest BCUT2D eigenvalue weighted by Gasteiger charge is 2.22. The van der Waals surface area contributed by atoms with Gasteiger partial charge in [0.2, 0.25) is 0 Å². The second kappa shape index (κ2) is 10.4. The molecule has 8 heteroatoms. The molecule has 112 valence electrons. The first-order valence-electron chi connectivity index (χ1n) is 7.06. The lowest BCUT2D eigenvalue weighted by atomic mass is 10.7. The minimum atomic E-state index is -0.322. The highest BCUT2D eigenvalue weighted by atomic mass is 28.4. The molecule has 0 amide bonds. The van der Waals surface area contributed by atoms with Gasteiger partial charge in [-0.3, -0.25) is 0 Å². The first kappa shape index (κ1) is 17.7. The Kier molecular flexibility index (Phi) is 9.22. The van der Waals surface area contributed by atoms with Crippen molar-refractivity contribution in [2.24, 2.45) is 0 Å². The van der Waals surface area contributed by atoms with Gasteiger partial charge < -0.3 is 16.9 Å². The molecule has 1 heterocycles. The van der Waals surface area contributed by atoms with Crippen molar-refractivity contribution in [3.63, 3.8) is 0 Å². The maximum absolute atomic E-state index is 3.92. The van der Waals surface area contributed by atoms with Gasteiger partial charge in [0, 0.05) is 26.2 Å². The summed E-state index contributed by atoms with van der Waals surface area (Å²) in [5, 5.41) is 0. The van der Waals surface area contributed by atoms with Gasteiger partial charge in [-0.2, -0.15) is 0 Å². The van der Waals surface area contributed by atoms with Crippen molar-refractivity contribution in [3.05, 3.63) is 50.6 Å². The van der Waals surface area contributed by atoms with Crippen LogP contribution in [-0.4, -0.2) is 82.5 Å². The lowest BCUT2D eigenvalue weighted by molar-refractivity contribution is 0.536. The van der Waals surface area contributed by atoms with Crippen LogP contribution in [0.5, 0.6) is 0 Å². The van der Waals surface area contributed by atoms with Crippen LogP contribution in [0.1, 0.15) is 0 Å². The van der Waals surface area contributed by atoms with Crippen LogP contribution in [0.3, 0.4) is 0 Å². The fraction of sp³-hybridized carbons (Fsp3) is 0.333. The van der Waals surface area contributed by atoms with Crippen LogP contribution in [0.4, 0.5) is 0 Å². The monoisotopic (exact) mass is 340 g/mol. The van der Waals surface area contributed by atoms with E-state index < -0.39 is 0 Å². The zero-order chi connectivity index (χ0) is 14.8. The molecule has 0 aromatic carbocycles. The molecule has 1 fully saturated rings. The predicted molar refractivity (Wildman–Crippen MR) is 102 cm³/mol. The van der Waals surface area contributed by atoms with Gasteiger partial charge in [0.15, 0.2) is 39.4 Å². The van der Waals surface area contributed by atoms with Gasteiger partial charge in [-0.1, -0.05) is 24.3 Å². The molecule has 0 aliphatic carbocycles. The fourth-order valence-corrected chi connectivity index (χ4v) is 18.8. The van der Waals surface area contributed by atoms with E-state index in [0.717, 1.165) is 26.2 Å². The van der Waals surface area contributed by atoms with Crippen LogP contribution in [0.15, 0.2) is 50.6 Å². The van der Waals surface area contributed by atoms with Crippen LogP contribution in [-0.2, 0) is 0 Å². The maximum atomic E-state index is 3.92. The molecule has 4 nitrogen and oxygen atoms in total. The van der Waals surface area contributed by atoms with Crippen LogP contribution in [0.25, 0.3) is 0 Å². The molecule has 0 aromatic rings. The summed E-state index contributed by atoms with van der Waals surface area (Å²) in [7, 11) is -1.29. The number of rotatable bonds is 8. The molecular weight excluding hydrogens is 313 g/mol. The molecule has 0 radical (unpaired) electrons. The van der Waals surface area contributed by atoms with Gasteiger partial charge in [0.1, 0.15) is 0 Å². The first-order valence-corrected chi connectivity index (χ1v) is 12.1. The van der Waals surface area contributed by atoms with Crippen LogP contribution >= 0.6 is 0 Å². The Labute approximate surface area is 133 Å². The Morgan fingerprint density at radius 1 is 0.500 bits per heavy atom. The summed E-state index contributed by atoms with van der Waals surface area (Å²) in [6, 6.07) is 0. The van der Waals surface area contributed by atoms with E-state index in [-0.39, 0.29) is 39.4 Å². The van der Waals surface area contributed by atoms with E-state index in [4.69, 9.17) is 0 Å². The van der Waals surface area contributed by atoms with E-state index in [9.17, 15) is 0 Å². The zero-order valence-electron chi connectivity index (χ0n) is 12.6. The molecule has 0 saturated carbocycles. The summed E-state index contributed by atoms with van der Waals surface area (Å²) in [6.07, 6.45) is 8.24. The summed E-state index contributed by atoms with van der Waals surface area (Å²) >= 11 is 0. The van der Waals surface area contributed by atoms with E-state index in [1.165, 1.54) is 0 Å². The molecule has 0 unspecified atom stereocenters. The molecule has 1 rings (SSSR count). The SMILES string of the molecule is C=CCN1[SiH2]N(CC=C)[SiH2]N(CC=C)[SiH2]N(CC=C)[SiH2]1. The van der Waals surface area contributed by atoms with E-state index >= 15 is 0 Å². The van der Waals surface area contributed by atoms with Crippen molar-refractivity contribution >= 4 is 39.4 Å². The highest BCUT2D eigenvalue weighted by molar-refractivity contribution is 6.65. The number of hydrogen-bond acceptors (Lipinski definition) is 4. The van der Waals surface area contributed by atoms with Crippen molar-refractivity contribution in [2.75, 3.05) is 26.2 Å². The van der Waals surface area contributed by atoms with Crippen molar-refractivity contribution < 1.29 is 0 Å². The fourth-order valence-electron chi connectivity index (χ4n) is 2.50. The quantitative estimate of drug-likeness (QED) is 0.372. The van der Waals surface area contributed by atoms with E-state index in [0.29, 0.717) is 0 Å². The molecule has 0 N–H and O–H groups in total. The van der Waals surface area contributed by atoms with E-state index in [1.807, 2.05) is 0 Å². The Morgan fingerprint density at radius 3 is 0.850 bits per heavy atom. The van der Waals surface area contributed by atoms with Gasteiger partial charge in [0.25, 0.3) is 0 Å². The number of nitrogens with zero attached hydrogens (tertiary/aromatic N) is 4. The zero-order valence-corrected chi connectivity index (χ0v) is 18.2. The molecule has 0 aromatic heterocycles. The van der Waals surface area contributed by atoms with Crippen molar-refractivity contribution in [2.45, 2.75) is 0 Å². The van der Waals surface area contributed by atoms with Gasteiger partial charge in [-0.05, 0) is 0 Å². The lowest BCUT2D eigenvalue weighted by Crippen LogP contribution is -2.61. The predicted octanol–water partition coefficient (Wildman–Crippen LogP) is -2.05. The Balaban J connectivity index is 2.77. The Hall–Kier alpha value is -0.332. The summed E-state index contributed by atoms with van der Waals surface area (Å²) < 4.78 is 10.9. The van der Waals surface area contributed by atoms with Crippen molar-refractivity contribution in [3.8, 4) is 0 Å². The molecule has 0 bridgehead atoms. The summed E-state index contributed by atoms with van der Waals surface area (Å²) in [6.45, 7) is 19.9. The van der Waals surface area contributed by atoms with Gasteiger partial charge in [-0.15, -0.1) is 26.3 Å². The van der Waals surface area contributed by atoms with E-state index in [2.05, 4.69) is 67.5 Å². The minimum Gasteiger partial charge on any atom is -0.328 e. The third-order valence-electron chi connectivity index (χ3n) is 3.15. The molecular formula is C12H28N4Si4. The van der Waals surface area contributed by atoms with Crippen molar-refractivity contribution in [1.82, 2.24) is 16.9 Å². The summed E-state index contributed by atoms with van der Waals surface area (Å²) in [5.74, 6) is 0. The number of hydrogen-bond donors (Lipinski definition) is 0. The van der Waals surface area contributed by atoms with Gasteiger partial charge >= 0.3 is 0 Å². The first-order chi connectivity index (χ1) is 9.73. The summed E-state index contributed by atoms with van der Waals surface area (Å²) in [4.78, 5) is 0. The van der Waals surface area contributed by atoms with Crippen LogP contribution < -0.4 is 0 Å². The van der Waals surface area contributed by atoms with E-state index in [1.54, 1.807) is 0 Å².